The normalized spacial score (nSPS) is 14.8. The minimum atomic E-state index is -0.655. The largest absolute Gasteiger partial charge is 0.364 e. The maximum absolute atomic E-state index is 12.7. The van der Waals surface area contributed by atoms with E-state index >= 15 is 0 Å². The highest BCUT2D eigenvalue weighted by molar-refractivity contribution is 5.97. The molecule has 0 radical (unpaired) electrons. The molecule has 3 amide bonds. The fourth-order valence-electron chi connectivity index (χ4n) is 3.44. The van der Waals surface area contributed by atoms with Crippen LogP contribution in [0.4, 0.5) is 0 Å². The number of carbonyl (C=O) groups excluding carboxylic acids is 3. The molecule has 0 aliphatic carbocycles. The van der Waals surface area contributed by atoms with E-state index in [1.165, 1.54) is 10.7 Å². The van der Waals surface area contributed by atoms with E-state index in [0.29, 0.717) is 44.0 Å². The Morgan fingerprint density at radius 3 is 2.41 bits per heavy atom. The first kappa shape index (κ1) is 20.6. The highest BCUT2D eigenvalue weighted by atomic mass is 16.2. The van der Waals surface area contributed by atoms with Crippen molar-refractivity contribution in [1.82, 2.24) is 20.0 Å². The number of primary amides is 1. The number of nitrogens with zero attached hydrogens (tertiary/aromatic N) is 3. The Morgan fingerprint density at radius 2 is 1.83 bits per heavy atom. The van der Waals surface area contributed by atoms with Gasteiger partial charge in [0.15, 0.2) is 5.69 Å². The summed E-state index contributed by atoms with van der Waals surface area (Å²) in [4.78, 5) is 38.5. The Morgan fingerprint density at radius 1 is 1.17 bits per heavy atom. The molecule has 1 aliphatic rings. The van der Waals surface area contributed by atoms with Crippen molar-refractivity contribution >= 4 is 17.7 Å². The molecule has 1 aromatic carbocycles. The van der Waals surface area contributed by atoms with Crippen LogP contribution in [0.3, 0.4) is 0 Å². The number of likely N-dealkylation sites (tertiary alicyclic amines) is 1. The molecule has 2 aromatic rings. The second kappa shape index (κ2) is 8.89. The molecule has 3 N–H and O–H groups in total. The first-order valence-corrected chi connectivity index (χ1v) is 9.89. The van der Waals surface area contributed by atoms with Crippen molar-refractivity contribution in [3.05, 3.63) is 47.8 Å². The number of rotatable bonds is 6. The summed E-state index contributed by atoms with van der Waals surface area (Å²) in [5.74, 6) is -0.511. The van der Waals surface area contributed by atoms with Crippen molar-refractivity contribution in [2.75, 3.05) is 13.1 Å². The molecular weight excluding hydrogens is 370 g/mol. The van der Waals surface area contributed by atoms with Crippen LogP contribution >= 0.6 is 0 Å². The minimum absolute atomic E-state index is 0.0375. The molecule has 29 heavy (non-hydrogen) atoms. The second-order valence-electron chi connectivity index (χ2n) is 7.75. The lowest BCUT2D eigenvalue weighted by Gasteiger charge is -2.32. The molecule has 8 nitrogen and oxygen atoms in total. The van der Waals surface area contributed by atoms with Crippen LogP contribution in [0.2, 0.25) is 0 Å². The Hall–Kier alpha value is -3.16. The van der Waals surface area contributed by atoms with Crippen LogP contribution in [-0.4, -0.2) is 51.5 Å². The number of aromatic nitrogens is 2. The molecule has 8 heteroatoms. The molecular formula is C21H27N5O3. The third kappa shape index (κ3) is 5.01. The lowest BCUT2D eigenvalue weighted by molar-refractivity contribution is -0.133. The van der Waals surface area contributed by atoms with E-state index in [9.17, 15) is 14.4 Å². The Bertz CT molecular complexity index is 883. The highest BCUT2D eigenvalue weighted by Crippen LogP contribution is 2.16. The molecule has 0 saturated carbocycles. The highest BCUT2D eigenvalue weighted by Gasteiger charge is 2.26. The number of nitrogens with one attached hydrogen (secondary N) is 1. The summed E-state index contributed by atoms with van der Waals surface area (Å²) in [6.45, 7) is 5.31. The predicted molar refractivity (Wildman–Crippen MR) is 109 cm³/mol. The van der Waals surface area contributed by atoms with Crippen molar-refractivity contribution in [2.45, 2.75) is 39.2 Å². The van der Waals surface area contributed by atoms with E-state index < -0.39 is 5.91 Å². The maximum atomic E-state index is 12.7. The number of hydrogen-bond acceptors (Lipinski definition) is 4. The zero-order valence-corrected chi connectivity index (χ0v) is 16.8. The topological polar surface area (TPSA) is 110 Å². The average Bonchev–Trinajstić information content (AvgIpc) is 3.15. The van der Waals surface area contributed by atoms with Gasteiger partial charge in [0.2, 0.25) is 5.91 Å². The molecule has 1 aromatic heterocycles. The van der Waals surface area contributed by atoms with Gasteiger partial charge in [-0.25, -0.2) is 4.68 Å². The lowest BCUT2D eigenvalue weighted by Crippen LogP contribution is -2.46. The molecule has 0 atom stereocenters. The van der Waals surface area contributed by atoms with Crippen LogP contribution in [0.15, 0.2) is 36.4 Å². The summed E-state index contributed by atoms with van der Waals surface area (Å²) in [5, 5.41) is 7.24. The van der Waals surface area contributed by atoms with Gasteiger partial charge >= 0.3 is 0 Å². The van der Waals surface area contributed by atoms with Gasteiger partial charge in [-0.2, -0.15) is 5.10 Å². The molecule has 0 unspecified atom stereocenters. The smallest absolute Gasteiger partial charge is 0.272 e. The van der Waals surface area contributed by atoms with Gasteiger partial charge in [0.05, 0.1) is 5.69 Å². The summed E-state index contributed by atoms with van der Waals surface area (Å²) < 4.78 is 1.38. The second-order valence-corrected chi connectivity index (χ2v) is 7.75. The van der Waals surface area contributed by atoms with E-state index in [1.807, 2.05) is 36.9 Å². The van der Waals surface area contributed by atoms with Crippen LogP contribution in [0.1, 0.15) is 54.1 Å². The van der Waals surface area contributed by atoms with E-state index in [1.54, 1.807) is 12.1 Å². The van der Waals surface area contributed by atoms with E-state index in [2.05, 4.69) is 10.4 Å². The Balaban J connectivity index is 1.65. The first-order chi connectivity index (χ1) is 13.8. The predicted octanol–water partition coefficient (Wildman–Crippen LogP) is 1.74. The molecule has 0 bridgehead atoms. The number of nitrogens with two attached hydrogens (primary N) is 1. The van der Waals surface area contributed by atoms with Crippen molar-refractivity contribution in [1.29, 1.82) is 0 Å². The number of carbonyl (C=O) groups is 3. The number of amides is 3. The maximum Gasteiger partial charge on any atom is 0.272 e. The van der Waals surface area contributed by atoms with Crippen molar-refractivity contribution < 1.29 is 14.4 Å². The third-order valence-corrected chi connectivity index (χ3v) is 4.96. The van der Waals surface area contributed by atoms with E-state index in [-0.39, 0.29) is 29.2 Å². The molecule has 154 valence electrons. The molecule has 1 saturated heterocycles. The fourth-order valence-corrected chi connectivity index (χ4v) is 3.44. The first-order valence-electron chi connectivity index (χ1n) is 9.89. The molecule has 3 rings (SSSR count). The van der Waals surface area contributed by atoms with Gasteiger partial charge in [0.25, 0.3) is 11.8 Å². The van der Waals surface area contributed by atoms with Gasteiger partial charge in [0, 0.05) is 31.6 Å². The van der Waals surface area contributed by atoms with Crippen molar-refractivity contribution in [2.24, 2.45) is 11.7 Å². The van der Waals surface area contributed by atoms with Crippen LogP contribution in [0, 0.1) is 5.92 Å². The van der Waals surface area contributed by atoms with Gasteiger partial charge in [-0.3, -0.25) is 14.4 Å². The number of benzene rings is 1. The summed E-state index contributed by atoms with van der Waals surface area (Å²) in [6.07, 6.45) is 1.93. The molecule has 0 spiro atoms. The quantitative estimate of drug-likeness (QED) is 0.773. The van der Waals surface area contributed by atoms with Crippen LogP contribution in [0.5, 0.6) is 0 Å². The third-order valence-electron chi connectivity index (χ3n) is 4.96. The zero-order chi connectivity index (χ0) is 21.0. The Kier molecular flexibility index (Phi) is 6.31. The fraction of sp³-hybridized carbons (Fsp3) is 0.429. The van der Waals surface area contributed by atoms with Crippen LogP contribution in [-0.2, 0) is 4.79 Å². The van der Waals surface area contributed by atoms with Crippen LogP contribution < -0.4 is 11.1 Å². The monoisotopic (exact) mass is 397 g/mol. The summed E-state index contributed by atoms with van der Waals surface area (Å²) in [5.41, 5.74) is 6.40. The zero-order valence-electron chi connectivity index (χ0n) is 16.8. The summed E-state index contributed by atoms with van der Waals surface area (Å²) in [6, 6.07) is 10.4. The van der Waals surface area contributed by atoms with Gasteiger partial charge in [-0.15, -0.1) is 0 Å². The van der Waals surface area contributed by atoms with E-state index in [4.69, 9.17) is 5.73 Å². The van der Waals surface area contributed by atoms with Gasteiger partial charge in [0.1, 0.15) is 5.69 Å². The molecule has 1 aliphatic heterocycles. The standard InChI is InChI=1S/C21H27N5O3/c1-14(2)12-19(27)25-10-8-15(9-11-25)23-21(29)17-13-18(20(22)28)26(24-17)16-6-4-3-5-7-16/h3-7,13-15H,8-12H2,1-2H3,(H2,22,28)(H,23,29). The number of para-hydroxylation sites is 1. The molecule has 1 fully saturated rings. The summed E-state index contributed by atoms with van der Waals surface area (Å²) in [7, 11) is 0. The van der Waals surface area contributed by atoms with Crippen molar-refractivity contribution in [3.8, 4) is 5.69 Å². The number of hydrogen-bond donors (Lipinski definition) is 2. The Labute approximate surface area is 170 Å². The SMILES string of the molecule is CC(C)CC(=O)N1CCC(NC(=O)c2cc(C(N)=O)n(-c3ccccc3)n2)CC1. The van der Waals surface area contributed by atoms with Crippen molar-refractivity contribution in [3.63, 3.8) is 0 Å². The molecule has 2 heterocycles. The number of piperidine rings is 1. The van der Waals surface area contributed by atoms with Crippen LogP contribution in [0.25, 0.3) is 5.69 Å². The van der Waals surface area contributed by atoms with Gasteiger partial charge < -0.3 is 16.0 Å². The minimum Gasteiger partial charge on any atom is -0.364 e. The van der Waals surface area contributed by atoms with Gasteiger partial charge in [-0.1, -0.05) is 32.0 Å². The summed E-state index contributed by atoms with van der Waals surface area (Å²) >= 11 is 0. The van der Waals surface area contributed by atoms with E-state index in [0.717, 1.165) is 0 Å². The average molecular weight is 397 g/mol. The lowest BCUT2D eigenvalue weighted by atomic mass is 10.0. The van der Waals surface area contributed by atoms with Gasteiger partial charge in [-0.05, 0) is 30.9 Å².